The molecule has 1 amide bonds. The van der Waals surface area contributed by atoms with Gasteiger partial charge in [0.05, 0.1) is 30.9 Å². The monoisotopic (exact) mass is 617 g/mol. The Hall–Kier alpha value is -5.91. The van der Waals surface area contributed by atoms with Gasteiger partial charge in [-0.3, -0.25) is 0 Å². The molecular formula is C33H31NO11. The lowest BCUT2D eigenvalue weighted by Gasteiger charge is -2.09. The van der Waals surface area contributed by atoms with Crippen LogP contribution in [0.15, 0.2) is 98.1 Å². The minimum Gasteiger partial charge on any atom is -0.494 e. The van der Waals surface area contributed by atoms with Gasteiger partial charge < -0.3 is 33.7 Å². The lowest BCUT2D eigenvalue weighted by molar-refractivity contribution is -0.138. The van der Waals surface area contributed by atoms with Gasteiger partial charge in [-0.15, -0.1) is 0 Å². The molecule has 0 atom stereocenters. The average molecular weight is 618 g/mol. The fraction of sp³-hybridized carbons (Fsp3) is 0.182. The number of nitrogens with one attached hydrogen (secondary N) is 1. The molecule has 3 aromatic carbocycles. The third kappa shape index (κ3) is 12.1. The zero-order chi connectivity index (χ0) is 32.4. The van der Waals surface area contributed by atoms with E-state index in [1.165, 1.54) is 48.5 Å². The summed E-state index contributed by atoms with van der Waals surface area (Å²) in [6, 6.07) is 18.1. The van der Waals surface area contributed by atoms with Gasteiger partial charge in [0.1, 0.15) is 29.6 Å². The first-order chi connectivity index (χ1) is 21.8. The van der Waals surface area contributed by atoms with Gasteiger partial charge in [0.15, 0.2) is 0 Å². The summed E-state index contributed by atoms with van der Waals surface area (Å²) in [6.45, 7) is 7.31. The predicted octanol–water partition coefficient (Wildman–Crippen LogP) is 4.83. The number of carbonyl (C=O) groups excluding carboxylic acids is 5. The Labute approximate surface area is 259 Å². The minimum atomic E-state index is -0.763. The number of hydrogen-bond acceptors (Lipinski definition) is 11. The number of rotatable bonds is 16. The summed E-state index contributed by atoms with van der Waals surface area (Å²) in [6.07, 6.45) is 2.69. The van der Waals surface area contributed by atoms with E-state index in [4.69, 9.17) is 28.4 Å². The van der Waals surface area contributed by atoms with E-state index in [0.717, 1.165) is 12.2 Å². The summed E-state index contributed by atoms with van der Waals surface area (Å²) >= 11 is 0. The van der Waals surface area contributed by atoms with Crippen molar-refractivity contribution in [1.82, 2.24) is 5.32 Å². The summed E-state index contributed by atoms with van der Waals surface area (Å²) in [5, 5.41) is 2.41. The van der Waals surface area contributed by atoms with Gasteiger partial charge in [0.25, 0.3) is 0 Å². The number of benzene rings is 3. The molecule has 0 bridgehead atoms. The van der Waals surface area contributed by atoms with Gasteiger partial charge in [-0.1, -0.05) is 13.2 Å². The molecule has 45 heavy (non-hydrogen) atoms. The van der Waals surface area contributed by atoms with Gasteiger partial charge >= 0.3 is 30.0 Å². The molecular weight excluding hydrogens is 586 g/mol. The van der Waals surface area contributed by atoms with Crippen LogP contribution in [-0.4, -0.2) is 56.3 Å². The highest BCUT2D eigenvalue weighted by atomic mass is 16.6. The van der Waals surface area contributed by atoms with Crippen molar-refractivity contribution in [3.05, 3.63) is 109 Å². The van der Waals surface area contributed by atoms with Crippen molar-refractivity contribution in [3.8, 4) is 23.0 Å². The normalized spacial score (nSPS) is 10.0. The number of ether oxygens (including phenoxy) is 6. The highest BCUT2D eigenvalue weighted by molar-refractivity contribution is 5.92. The van der Waals surface area contributed by atoms with Crippen molar-refractivity contribution in [3.63, 3.8) is 0 Å². The fourth-order valence-corrected chi connectivity index (χ4v) is 3.39. The van der Waals surface area contributed by atoms with Gasteiger partial charge in [-0.2, -0.15) is 0 Å². The zero-order valence-electron chi connectivity index (χ0n) is 24.2. The van der Waals surface area contributed by atoms with Crippen LogP contribution in [0.25, 0.3) is 0 Å². The van der Waals surface area contributed by atoms with E-state index in [-0.39, 0.29) is 42.6 Å². The Morgan fingerprint density at radius 1 is 0.556 bits per heavy atom. The number of carbonyl (C=O) groups is 5. The molecule has 0 aliphatic heterocycles. The van der Waals surface area contributed by atoms with Crippen molar-refractivity contribution in [2.45, 2.75) is 12.8 Å². The molecule has 0 fully saturated rings. The van der Waals surface area contributed by atoms with E-state index in [9.17, 15) is 24.0 Å². The van der Waals surface area contributed by atoms with Gasteiger partial charge in [0.2, 0.25) is 0 Å². The molecule has 0 aromatic heterocycles. The highest BCUT2D eigenvalue weighted by Gasteiger charge is 2.12. The van der Waals surface area contributed by atoms with Crippen molar-refractivity contribution in [2.24, 2.45) is 0 Å². The molecule has 3 rings (SSSR count). The van der Waals surface area contributed by atoms with Crippen LogP contribution in [0.2, 0.25) is 0 Å². The summed E-state index contributed by atoms with van der Waals surface area (Å²) in [5.41, 5.74) is 0.518. The largest absolute Gasteiger partial charge is 0.494 e. The van der Waals surface area contributed by atoms with Crippen molar-refractivity contribution in [1.29, 1.82) is 0 Å². The Balaban J connectivity index is 1.39. The quantitative estimate of drug-likeness (QED) is 0.102. The number of esters is 4. The summed E-state index contributed by atoms with van der Waals surface area (Å²) in [4.78, 5) is 58.8. The Morgan fingerprint density at radius 2 is 0.978 bits per heavy atom. The fourth-order valence-electron chi connectivity index (χ4n) is 3.39. The number of amides is 1. The Morgan fingerprint density at radius 3 is 1.49 bits per heavy atom. The van der Waals surface area contributed by atoms with Gasteiger partial charge in [-0.05, 0) is 85.6 Å². The van der Waals surface area contributed by atoms with E-state index in [1.54, 1.807) is 24.3 Å². The third-order valence-corrected chi connectivity index (χ3v) is 5.64. The molecule has 0 radical (unpaired) electrons. The Bertz CT molecular complexity index is 1480. The molecule has 12 heteroatoms. The topological polar surface area (TPSA) is 153 Å². The van der Waals surface area contributed by atoms with Crippen molar-refractivity contribution >= 4 is 30.0 Å². The zero-order valence-corrected chi connectivity index (χ0v) is 24.2. The van der Waals surface area contributed by atoms with Crippen LogP contribution >= 0.6 is 0 Å². The first-order valence-electron chi connectivity index (χ1n) is 13.7. The third-order valence-electron chi connectivity index (χ3n) is 5.64. The van der Waals surface area contributed by atoms with Crippen LogP contribution in [-0.2, 0) is 19.1 Å². The SMILES string of the molecule is C=CC(=O)OCCCCOc1ccc(C(=O)Oc2ccc(OC(=O)c3ccc(OC(=O)NCCOC(=O)C=C)cc3)cc2)cc1. The number of unbranched alkanes of at least 4 members (excludes halogenated alkanes) is 1. The molecule has 234 valence electrons. The van der Waals surface area contributed by atoms with Crippen LogP contribution in [0, 0.1) is 0 Å². The summed E-state index contributed by atoms with van der Waals surface area (Å²) in [5.74, 6) is -1.07. The maximum Gasteiger partial charge on any atom is 0.412 e. The molecule has 0 saturated carbocycles. The maximum absolute atomic E-state index is 12.5. The molecule has 0 saturated heterocycles. The van der Waals surface area contributed by atoms with E-state index in [2.05, 4.69) is 18.5 Å². The molecule has 1 N–H and O–H groups in total. The first-order valence-corrected chi connectivity index (χ1v) is 13.7. The van der Waals surface area contributed by atoms with Crippen LogP contribution in [0.1, 0.15) is 33.6 Å². The van der Waals surface area contributed by atoms with Gasteiger partial charge in [0, 0.05) is 12.2 Å². The molecule has 0 heterocycles. The van der Waals surface area contributed by atoms with Crippen LogP contribution in [0.3, 0.4) is 0 Å². The van der Waals surface area contributed by atoms with Crippen molar-refractivity contribution < 1.29 is 52.4 Å². The van der Waals surface area contributed by atoms with Crippen LogP contribution in [0.4, 0.5) is 4.79 Å². The van der Waals surface area contributed by atoms with E-state index in [1.807, 2.05) is 0 Å². The Kier molecular flexibility index (Phi) is 13.4. The lowest BCUT2D eigenvalue weighted by atomic mass is 10.2. The number of hydrogen-bond donors (Lipinski definition) is 1. The molecule has 12 nitrogen and oxygen atoms in total. The average Bonchev–Trinajstić information content (AvgIpc) is 3.05. The standard InChI is InChI=1S/C33H31NO11/c1-3-29(35)41-21-6-5-20-40-25-11-7-23(8-12-25)31(37)43-26-15-17-27(18-16-26)44-32(38)24-9-13-28(14-10-24)45-33(39)34-19-22-42-30(36)4-2/h3-4,7-18H,1-2,5-6,19-22H2,(H,34,39). The summed E-state index contributed by atoms with van der Waals surface area (Å²) < 4.78 is 31.1. The molecule has 3 aromatic rings. The second-order valence-corrected chi connectivity index (χ2v) is 8.91. The van der Waals surface area contributed by atoms with E-state index < -0.39 is 30.0 Å². The maximum atomic E-state index is 12.5. The predicted molar refractivity (Wildman–Crippen MR) is 160 cm³/mol. The second kappa shape index (κ2) is 17.9. The molecule has 0 aliphatic rings. The minimum absolute atomic E-state index is 0.0418. The molecule has 0 aliphatic carbocycles. The summed E-state index contributed by atoms with van der Waals surface area (Å²) in [7, 11) is 0. The van der Waals surface area contributed by atoms with Crippen LogP contribution in [0.5, 0.6) is 23.0 Å². The van der Waals surface area contributed by atoms with Crippen LogP contribution < -0.4 is 24.3 Å². The van der Waals surface area contributed by atoms with Gasteiger partial charge in [-0.25, -0.2) is 24.0 Å². The van der Waals surface area contributed by atoms with Crippen molar-refractivity contribution in [2.75, 3.05) is 26.4 Å². The van der Waals surface area contributed by atoms with E-state index >= 15 is 0 Å². The second-order valence-electron chi connectivity index (χ2n) is 8.91. The lowest BCUT2D eigenvalue weighted by Crippen LogP contribution is -2.30. The smallest absolute Gasteiger partial charge is 0.412 e. The first kappa shape index (κ1) is 33.6. The highest BCUT2D eigenvalue weighted by Crippen LogP contribution is 2.21. The van der Waals surface area contributed by atoms with E-state index in [0.29, 0.717) is 30.8 Å². The molecule has 0 unspecified atom stereocenters. The molecule has 0 spiro atoms.